The lowest BCUT2D eigenvalue weighted by Crippen LogP contribution is -2.37. The molecule has 1 fully saturated rings. The normalized spacial score (nSPS) is 15.0. The zero-order chi connectivity index (χ0) is 20.1. The number of rotatable bonds is 5. The molecule has 2 aromatic carbocycles. The SMILES string of the molecule is Cc1ccc(/C=C2\SC(=O)N(CCNC(=O)c3cccc(C#N)c3)C2=O)cc1. The number of carbonyl (C=O) groups is 3. The number of hydrogen-bond acceptors (Lipinski definition) is 5. The molecule has 7 heteroatoms. The van der Waals surface area contributed by atoms with Crippen LogP contribution in [0.5, 0.6) is 0 Å². The van der Waals surface area contributed by atoms with Crippen LogP contribution < -0.4 is 5.32 Å². The van der Waals surface area contributed by atoms with Gasteiger partial charge < -0.3 is 5.32 Å². The van der Waals surface area contributed by atoms with E-state index in [1.54, 1.807) is 24.3 Å². The first-order valence-corrected chi connectivity index (χ1v) is 9.40. The number of nitrogens with zero attached hydrogens (tertiary/aromatic N) is 2. The molecule has 1 saturated heterocycles. The van der Waals surface area contributed by atoms with Gasteiger partial charge in [-0.15, -0.1) is 0 Å². The number of hydrogen-bond donors (Lipinski definition) is 1. The van der Waals surface area contributed by atoms with E-state index in [1.807, 2.05) is 37.3 Å². The van der Waals surface area contributed by atoms with Crippen LogP contribution in [0.25, 0.3) is 6.08 Å². The Bertz CT molecular complexity index is 1010. The fraction of sp³-hybridized carbons (Fsp3) is 0.143. The molecule has 0 atom stereocenters. The molecule has 0 spiro atoms. The summed E-state index contributed by atoms with van der Waals surface area (Å²) in [5.41, 5.74) is 2.70. The molecule has 1 aliphatic rings. The highest BCUT2D eigenvalue weighted by Crippen LogP contribution is 2.31. The van der Waals surface area contributed by atoms with Crippen molar-refractivity contribution in [3.05, 3.63) is 75.7 Å². The van der Waals surface area contributed by atoms with Gasteiger partial charge in [-0.05, 0) is 48.5 Å². The topological polar surface area (TPSA) is 90.3 Å². The quantitative estimate of drug-likeness (QED) is 0.790. The number of nitrogens with one attached hydrogen (secondary N) is 1. The highest BCUT2D eigenvalue weighted by Gasteiger charge is 2.34. The van der Waals surface area contributed by atoms with Crippen molar-refractivity contribution < 1.29 is 14.4 Å². The van der Waals surface area contributed by atoms with Gasteiger partial charge in [-0.3, -0.25) is 19.3 Å². The molecular weight excluding hydrogens is 374 g/mol. The molecule has 0 aromatic heterocycles. The summed E-state index contributed by atoms with van der Waals surface area (Å²) in [5.74, 6) is -0.726. The zero-order valence-corrected chi connectivity index (χ0v) is 16.0. The summed E-state index contributed by atoms with van der Waals surface area (Å²) in [7, 11) is 0. The molecule has 0 unspecified atom stereocenters. The van der Waals surface area contributed by atoms with Crippen molar-refractivity contribution in [2.45, 2.75) is 6.92 Å². The van der Waals surface area contributed by atoms with Gasteiger partial charge in [0.1, 0.15) is 0 Å². The average Bonchev–Trinajstić information content (AvgIpc) is 2.97. The molecule has 2 aromatic rings. The van der Waals surface area contributed by atoms with Crippen LogP contribution in [0, 0.1) is 18.3 Å². The molecule has 0 bridgehead atoms. The minimum absolute atomic E-state index is 0.0829. The van der Waals surface area contributed by atoms with Gasteiger partial charge in [0, 0.05) is 18.7 Å². The number of imide groups is 1. The van der Waals surface area contributed by atoms with Gasteiger partial charge in [-0.2, -0.15) is 5.26 Å². The first-order valence-electron chi connectivity index (χ1n) is 8.58. The van der Waals surface area contributed by atoms with E-state index in [0.29, 0.717) is 16.0 Å². The number of thioether (sulfide) groups is 1. The molecule has 3 rings (SSSR count). The van der Waals surface area contributed by atoms with E-state index in [-0.39, 0.29) is 30.1 Å². The first-order chi connectivity index (χ1) is 13.5. The highest BCUT2D eigenvalue weighted by atomic mass is 32.2. The largest absolute Gasteiger partial charge is 0.350 e. The van der Waals surface area contributed by atoms with E-state index in [1.165, 1.54) is 6.07 Å². The Morgan fingerprint density at radius 1 is 1.21 bits per heavy atom. The van der Waals surface area contributed by atoms with Crippen molar-refractivity contribution in [1.29, 1.82) is 5.26 Å². The molecule has 0 saturated carbocycles. The number of benzene rings is 2. The molecule has 6 nitrogen and oxygen atoms in total. The van der Waals surface area contributed by atoms with E-state index >= 15 is 0 Å². The van der Waals surface area contributed by atoms with Crippen LogP contribution in [-0.2, 0) is 4.79 Å². The van der Waals surface area contributed by atoms with Crippen LogP contribution in [0.15, 0.2) is 53.4 Å². The summed E-state index contributed by atoms with van der Waals surface area (Å²) in [6.07, 6.45) is 1.69. The molecule has 0 radical (unpaired) electrons. The Balaban J connectivity index is 1.59. The predicted molar refractivity (Wildman–Crippen MR) is 107 cm³/mol. The number of carbonyl (C=O) groups excluding carboxylic acids is 3. The Labute approximate surface area is 166 Å². The van der Waals surface area contributed by atoms with Crippen molar-refractivity contribution in [2.24, 2.45) is 0 Å². The standard InChI is InChI=1S/C21H17N3O3S/c1-14-5-7-15(8-6-14)12-18-20(26)24(21(27)28-18)10-9-23-19(25)17-4-2-3-16(11-17)13-22/h2-8,11-12H,9-10H2,1H3,(H,23,25)/b18-12-. The van der Waals surface area contributed by atoms with Crippen LogP contribution in [0.3, 0.4) is 0 Å². The molecule has 0 aliphatic carbocycles. The second-order valence-electron chi connectivity index (χ2n) is 6.19. The molecule has 1 heterocycles. The molecule has 28 heavy (non-hydrogen) atoms. The van der Waals surface area contributed by atoms with E-state index in [4.69, 9.17) is 5.26 Å². The molecular formula is C21H17N3O3S. The minimum atomic E-state index is -0.365. The van der Waals surface area contributed by atoms with Gasteiger partial charge in [-0.1, -0.05) is 35.9 Å². The maximum atomic E-state index is 12.5. The van der Waals surface area contributed by atoms with Crippen molar-refractivity contribution in [1.82, 2.24) is 10.2 Å². The van der Waals surface area contributed by atoms with Crippen molar-refractivity contribution >= 4 is 34.9 Å². The van der Waals surface area contributed by atoms with Gasteiger partial charge in [0.25, 0.3) is 17.1 Å². The van der Waals surface area contributed by atoms with Gasteiger partial charge in [0.15, 0.2) is 0 Å². The lowest BCUT2D eigenvalue weighted by molar-refractivity contribution is -0.122. The molecule has 1 aliphatic heterocycles. The van der Waals surface area contributed by atoms with Crippen LogP contribution >= 0.6 is 11.8 Å². The predicted octanol–water partition coefficient (Wildman–Crippen LogP) is 3.33. The summed E-state index contributed by atoms with van der Waals surface area (Å²) in [6, 6.07) is 15.9. The van der Waals surface area contributed by atoms with E-state index in [0.717, 1.165) is 27.8 Å². The number of amides is 3. The maximum absolute atomic E-state index is 12.5. The molecule has 3 amide bonds. The Morgan fingerprint density at radius 3 is 2.68 bits per heavy atom. The summed E-state index contributed by atoms with van der Waals surface area (Å²) < 4.78 is 0. The Kier molecular flexibility index (Phi) is 5.92. The second kappa shape index (κ2) is 8.55. The van der Waals surface area contributed by atoms with Crippen LogP contribution in [0.1, 0.15) is 27.0 Å². The summed E-state index contributed by atoms with van der Waals surface area (Å²) in [5, 5.41) is 11.2. The van der Waals surface area contributed by atoms with E-state index in [9.17, 15) is 14.4 Å². The third kappa shape index (κ3) is 4.48. The van der Waals surface area contributed by atoms with Crippen LogP contribution in [-0.4, -0.2) is 35.0 Å². The van der Waals surface area contributed by atoms with Crippen LogP contribution in [0.4, 0.5) is 4.79 Å². The Morgan fingerprint density at radius 2 is 1.96 bits per heavy atom. The lowest BCUT2D eigenvalue weighted by Gasteiger charge is -2.13. The highest BCUT2D eigenvalue weighted by molar-refractivity contribution is 8.18. The molecule has 140 valence electrons. The van der Waals surface area contributed by atoms with Crippen LogP contribution in [0.2, 0.25) is 0 Å². The first kappa shape index (κ1) is 19.4. The smallest absolute Gasteiger partial charge is 0.293 e. The zero-order valence-electron chi connectivity index (χ0n) is 15.1. The Hall–Kier alpha value is -3.37. The van der Waals surface area contributed by atoms with Crippen molar-refractivity contribution in [2.75, 3.05) is 13.1 Å². The van der Waals surface area contributed by atoms with Gasteiger partial charge in [0.2, 0.25) is 0 Å². The number of nitriles is 1. The minimum Gasteiger partial charge on any atom is -0.350 e. The summed E-state index contributed by atoms with van der Waals surface area (Å²) >= 11 is 0.891. The fourth-order valence-electron chi connectivity index (χ4n) is 2.62. The average molecular weight is 391 g/mol. The fourth-order valence-corrected chi connectivity index (χ4v) is 3.49. The van der Waals surface area contributed by atoms with Crippen molar-refractivity contribution in [3.63, 3.8) is 0 Å². The number of aryl methyl sites for hydroxylation is 1. The van der Waals surface area contributed by atoms with Crippen molar-refractivity contribution in [3.8, 4) is 6.07 Å². The third-order valence-electron chi connectivity index (χ3n) is 4.12. The second-order valence-corrected chi connectivity index (χ2v) is 7.19. The molecule has 1 N–H and O–H groups in total. The van der Waals surface area contributed by atoms with E-state index < -0.39 is 0 Å². The maximum Gasteiger partial charge on any atom is 0.293 e. The summed E-state index contributed by atoms with van der Waals surface area (Å²) in [6.45, 7) is 2.19. The summed E-state index contributed by atoms with van der Waals surface area (Å²) in [4.78, 5) is 38.3. The monoisotopic (exact) mass is 391 g/mol. The van der Waals surface area contributed by atoms with Gasteiger partial charge >= 0.3 is 0 Å². The van der Waals surface area contributed by atoms with E-state index in [2.05, 4.69) is 5.32 Å². The van der Waals surface area contributed by atoms with Gasteiger partial charge in [-0.25, -0.2) is 0 Å². The lowest BCUT2D eigenvalue weighted by atomic mass is 10.1. The van der Waals surface area contributed by atoms with Gasteiger partial charge in [0.05, 0.1) is 16.5 Å². The third-order valence-corrected chi connectivity index (χ3v) is 5.03.